The van der Waals surface area contributed by atoms with E-state index in [4.69, 9.17) is 5.11 Å². The summed E-state index contributed by atoms with van der Waals surface area (Å²) in [5.74, 6) is -1.34. The van der Waals surface area contributed by atoms with E-state index >= 15 is 0 Å². The highest BCUT2D eigenvalue weighted by atomic mass is 16.5. The Morgan fingerprint density at radius 1 is 1.43 bits per heavy atom. The number of methoxy groups -OCH3 is 1. The largest absolute Gasteiger partial charge is 0.480 e. The number of rotatable bonds is 7. The molecule has 0 aromatic carbocycles. The van der Waals surface area contributed by atoms with Gasteiger partial charge in [0, 0.05) is 6.42 Å². The van der Waals surface area contributed by atoms with Gasteiger partial charge in [0.1, 0.15) is 18.2 Å². The topological polar surface area (TPSA) is 146 Å². The minimum Gasteiger partial charge on any atom is -0.480 e. The van der Waals surface area contributed by atoms with Gasteiger partial charge in [0.2, 0.25) is 0 Å². The fourth-order valence-electron chi connectivity index (χ4n) is 1.51. The van der Waals surface area contributed by atoms with Crippen LogP contribution in [0, 0.1) is 0 Å². The number of carbonyl (C=O) groups is 3. The summed E-state index contributed by atoms with van der Waals surface area (Å²) < 4.78 is 4.42. The SMILES string of the molecule is COC(=O)CC[C@H](NC(=O)NC(C)c1ncn[nH]1)C(=O)O. The van der Waals surface area contributed by atoms with Gasteiger partial charge in [-0.25, -0.2) is 14.6 Å². The van der Waals surface area contributed by atoms with Crippen LogP contribution in [0.1, 0.15) is 31.6 Å². The highest BCUT2D eigenvalue weighted by Crippen LogP contribution is 2.04. The first-order valence-corrected chi connectivity index (χ1v) is 6.16. The lowest BCUT2D eigenvalue weighted by Crippen LogP contribution is -2.46. The molecule has 1 aromatic rings. The van der Waals surface area contributed by atoms with Crippen molar-refractivity contribution in [3.8, 4) is 0 Å². The second-order valence-corrected chi connectivity index (χ2v) is 4.22. The van der Waals surface area contributed by atoms with Gasteiger partial charge >= 0.3 is 18.0 Å². The maximum atomic E-state index is 11.7. The quantitative estimate of drug-likeness (QED) is 0.499. The Morgan fingerprint density at radius 3 is 2.67 bits per heavy atom. The number of H-pyrrole nitrogens is 1. The van der Waals surface area contributed by atoms with Crippen LogP contribution >= 0.6 is 0 Å². The molecule has 0 bridgehead atoms. The van der Waals surface area contributed by atoms with Crippen molar-refractivity contribution in [3.63, 3.8) is 0 Å². The number of amides is 2. The standard InChI is InChI=1S/C11H17N5O5/c1-6(9-12-5-13-16-9)14-11(20)15-7(10(18)19)3-4-8(17)21-2/h5-7H,3-4H2,1-2H3,(H,18,19)(H,12,13,16)(H2,14,15,20)/t6?,7-/m0/s1. The van der Waals surface area contributed by atoms with Crippen molar-refractivity contribution in [2.75, 3.05) is 7.11 Å². The Bertz CT molecular complexity index is 489. The molecule has 1 rings (SSSR count). The van der Waals surface area contributed by atoms with Crippen molar-refractivity contribution in [2.45, 2.75) is 31.8 Å². The number of aliphatic carboxylic acids is 1. The number of carbonyl (C=O) groups excluding carboxylic acids is 2. The molecule has 1 aromatic heterocycles. The Morgan fingerprint density at radius 2 is 2.14 bits per heavy atom. The van der Waals surface area contributed by atoms with E-state index in [1.54, 1.807) is 6.92 Å². The summed E-state index contributed by atoms with van der Waals surface area (Å²) in [6, 6.07) is -2.34. The van der Waals surface area contributed by atoms with Gasteiger partial charge in [-0.3, -0.25) is 9.89 Å². The molecule has 0 fully saturated rings. The zero-order valence-electron chi connectivity index (χ0n) is 11.6. The molecule has 10 nitrogen and oxygen atoms in total. The predicted octanol–water partition coefficient (Wildman–Crippen LogP) is -0.429. The molecule has 0 aliphatic heterocycles. The molecular formula is C11H17N5O5. The number of aromatic nitrogens is 3. The first-order valence-electron chi connectivity index (χ1n) is 6.16. The number of hydrogen-bond acceptors (Lipinski definition) is 6. The van der Waals surface area contributed by atoms with Gasteiger partial charge < -0.3 is 20.5 Å². The van der Waals surface area contributed by atoms with Crippen molar-refractivity contribution < 1.29 is 24.2 Å². The van der Waals surface area contributed by atoms with Crippen LogP contribution in [0.3, 0.4) is 0 Å². The number of aromatic amines is 1. The summed E-state index contributed by atoms with van der Waals surface area (Å²) in [7, 11) is 1.21. The van der Waals surface area contributed by atoms with Crippen LogP contribution in [0.15, 0.2) is 6.33 Å². The van der Waals surface area contributed by atoms with Crippen molar-refractivity contribution >= 4 is 18.0 Å². The molecule has 0 radical (unpaired) electrons. The molecule has 0 aliphatic carbocycles. The highest BCUT2D eigenvalue weighted by molar-refractivity contribution is 5.83. The van der Waals surface area contributed by atoms with Gasteiger partial charge in [0.25, 0.3) is 0 Å². The van der Waals surface area contributed by atoms with Gasteiger partial charge in [-0.15, -0.1) is 0 Å². The molecule has 0 aliphatic rings. The van der Waals surface area contributed by atoms with E-state index in [0.29, 0.717) is 5.82 Å². The second-order valence-electron chi connectivity index (χ2n) is 4.22. The van der Waals surface area contributed by atoms with Crippen LogP contribution < -0.4 is 10.6 Å². The molecular weight excluding hydrogens is 282 g/mol. The molecule has 116 valence electrons. The number of nitrogens with one attached hydrogen (secondary N) is 3. The summed E-state index contributed by atoms with van der Waals surface area (Å²) in [5.41, 5.74) is 0. The lowest BCUT2D eigenvalue weighted by Gasteiger charge is -2.16. The van der Waals surface area contributed by atoms with Crippen molar-refractivity contribution in [1.82, 2.24) is 25.8 Å². The zero-order valence-corrected chi connectivity index (χ0v) is 11.6. The van der Waals surface area contributed by atoms with Crippen LogP contribution in [0.4, 0.5) is 4.79 Å². The zero-order chi connectivity index (χ0) is 15.8. The molecule has 0 spiro atoms. The number of carboxylic acids is 1. The molecule has 2 amide bonds. The van der Waals surface area contributed by atoms with Crippen LogP contribution in [0.2, 0.25) is 0 Å². The van der Waals surface area contributed by atoms with Crippen LogP contribution in [0.5, 0.6) is 0 Å². The Kier molecular flexibility index (Phi) is 6.11. The summed E-state index contributed by atoms with van der Waals surface area (Å²) in [6.45, 7) is 1.66. The molecule has 10 heteroatoms. The third kappa shape index (κ3) is 5.47. The second kappa shape index (κ2) is 7.82. The fraction of sp³-hybridized carbons (Fsp3) is 0.545. The third-order valence-electron chi connectivity index (χ3n) is 2.66. The normalized spacial score (nSPS) is 13.0. The van der Waals surface area contributed by atoms with Gasteiger partial charge in [-0.1, -0.05) is 0 Å². The average molecular weight is 299 g/mol. The number of esters is 1. The molecule has 0 saturated heterocycles. The Hall–Kier alpha value is -2.65. The first-order chi connectivity index (χ1) is 9.93. The molecule has 4 N–H and O–H groups in total. The minimum absolute atomic E-state index is 0.0634. The summed E-state index contributed by atoms with van der Waals surface area (Å²) >= 11 is 0. The Balaban J connectivity index is 2.48. The third-order valence-corrected chi connectivity index (χ3v) is 2.66. The average Bonchev–Trinajstić information content (AvgIpc) is 2.96. The maximum absolute atomic E-state index is 11.7. The lowest BCUT2D eigenvalue weighted by molar-refractivity contribution is -0.142. The van der Waals surface area contributed by atoms with Crippen molar-refractivity contribution in [3.05, 3.63) is 12.2 Å². The van der Waals surface area contributed by atoms with Crippen LogP contribution in [-0.4, -0.2) is 51.4 Å². The van der Waals surface area contributed by atoms with Gasteiger partial charge in [-0.05, 0) is 13.3 Å². The van der Waals surface area contributed by atoms with E-state index in [-0.39, 0.29) is 12.8 Å². The molecule has 1 heterocycles. The number of ether oxygens (including phenoxy) is 1. The van der Waals surface area contributed by atoms with Gasteiger partial charge in [0.15, 0.2) is 0 Å². The van der Waals surface area contributed by atoms with E-state index < -0.39 is 30.1 Å². The summed E-state index contributed by atoms with van der Waals surface area (Å²) in [5, 5.41) is 20.0. The number of urea groups is 1. The summed E-state index contributed by atoms with van der Waals surface area (Å²) in [6.07, 6.45) is 1.12. The smallest absolute Gasteiger partial charge is 0.326 e. The molecule has 21 heavy (non-hydrogen) atoms. The van der Waals surface area contributed by atoms with Crippen molar-refractivity contribution in [2.24, 2.45) is 0 Å². The van der Waals surface area contributed by atoms with E-state index in [0.717, 1.165) is 0 Å². The van der Waals surface area contributed by atoms with Crippen LogP contribution in [-0.2, 0) is 14.3 Å². The minimum atomic E-state index is -1.23. The van der Waals surface area contributed by atoms with E-state index in [2.05, 4.69) is 30.6 Å². The van der Waals surface area contributed by atoms with E-state index in [9.17, 15) is 14.4 Å². The lowest BCUT2D eigenvalue weighted by atomic mass is 10.1. The maximum Gasteiger partial charge on any atom is 0.326 e. The summed E-state index contributed by atoms with van der Waals surface area (Å²) in [4.78, 5) is 37.6. The number of hydrogen-bond donors (Lipinski definition) is 4. The van der Waals surface area contributed by atoms with Crippen LogP contribution in [0.25, 0.3) is 0 Å². The molecule has 2 atom stereocenters. The number of nitrogens with zero attached hydrogens (tertiary/aromatic N) is 2. The van der Waals surface area contributed by atoms with Gasteiger partial charge in [0.05, 0.1) is 13.2 Å². The van der Waals surface area contributed by atoms with E-state index in [1.807, 2.05) is 0 Å². The van der Waals surface area contributed by atoms with E-state index in [1.165, 1.54) is 13.4 Å². The Labute approximate surface area is 120 Å². The highest BCUT2D eigenvalue weighted by Gasteiger charge is 2.22. The monoisotopic (exact) mass is 299 g/mol. The predicted molar refractivity (Wildman–Crippen MR) is 69.1 cm³/mol. The first kappa shape index (κ1) is 16.4. The van der Waals surface area contributed by atoms with Crippen molar-refractivity contribution in [1.29, 1.82) is 0 Å². The molecule has 1 unspecified atom stereocenters. The number of carboxylic acid groups (broad SMARTS) is 1. The molecule has 0 saturated carbocycles. The van der Waals surface area contributed by atoms with Gasteiger partial charge in [-0.2, -0.15) is 5.10 Å². The fourth-order valence-corrected chi connectivity index (χ4v) is 1.51.